The zero-order valence-corrected chi connectivity index (χ0v) is 19.2. The molecule has 0 fully saturated rings. The highest BCUT2D eigenvalue weighted by Gasteiger charge is 2.16. The molecule has 0 saturated heterocycles. The Kier molecular flexibility index (Phi) is 6.23. The Morgan fingerprint density at radius 1 is 0.861 bits per heavy atom. The van der Waals surface area contributed by atoms with Gasteiger partial charge in [0.05, 0.1) is 17.6 Å². The van der Waals surface area contributed by atoms with Crippen LogP contribution in [0, 0.1) is 0 Å². The predicted molar refractivity (Wildman–Crippen MR) is 131 cm³/mol. The SMILES string of the molecule is CCCOC(=O)c1ccc(Oc2coc3cc(OC(=O)c4cc5ccccc5o4)ccc3c2=O)cc1. The molecule has 180 valence electrons. The van der Waals surface area contributed by atoms with Gasteiger partial charge in [-0.25, -0.2) is 9.59 Å². The summed E-state index contributed by atoms with van der Waals surface area (Å²) in [5.74, 6) is -0.525. The topological polar surface area (TPSA) is 105 Å². The molecule has 0 N–H and O–H groups in total. The fraction of sp³-hybridized carbons (Fsp3) is 0.107. The van der Waals surface area contributed by atoms with Crippen molar-refractivity contribution in [3.63, 3.8) is 0 Å². The van der Waals surface area contributed by atoms with E-state index in [1.54, 1.807) is 36.4 Å². The molecule has 0 aliphatic carbocycles. The van der Waals surface area contributed by atoms with Crippen LogP contribution in [0.1, 0.15) is 34.3 Å². The molecule has 5 aromatic rings. The molecule has 8 heteroatoms. The summed E-state index contributed by atoms with van der Waals surface area (Å²) in [6, 6.07) is 19.5. The van der Waals surface area contributed by atoms with E-state index in [1.165, 1.54) is 24.5 Å². The van der Waals surface area contributed by atoms with E-state index in [1.807, 2.05) is 25.1 Å². The molecule has 0 radical (unpaired) electrons. The van der Waals surface area contributed by atoms with Crippen LogP contribution in [0.2, 0.25) is 0 Å². The number of ether oxygens (including phenoxy) is 3. The molecule has 0 unspecified atom stereocenters. The third-order valence-corrected chi connectivity index (χ3v) is 5.31. The first-order chi connectivity index (χ1) is 17.5. The minimum absolute atomic E-state index is 0.0316. The maximum Gasteiger partial charge on any atom is 0.379 e. The van der Waals surface area contributed by atoms with Crippen molar-refractivity contribution < 1.29 is 32.6 Å². The highest BCUT2D eigenvalue weighted by atomic mass is 16.5. The summed E-state index contributed by atoms with van der Waals surface area (Å²) in [6.45, 7) is 2.26. The van der Waals surface area contributed by atoms with E-state index in [0.717, 1.165) is 11.8 Å². The van der Waals surface area contributed by atoms with Crippen LogP contribution in [0.4, 0.5) is 0 Å². The van der Waals surface area contributed by atoms with Crippen LogP contribution >= 0.6 is 0 Å². The van der Waals surface area contributed by atoms with Crippen molar-refractivity contribution in [2.45, 2.75) is 13.3 Å². The first-order valence-electron chi connectivity index (χ1n) is 11.2. The molecule has 0 saturated carbocycles. The summed E-state index contributed by atoms with van der Waals surface area (Å²) >= 11 is 0. The number of carbonyl (C=O) groups is 2. The van der Waals surface area contributed by atoms with Crippen LogP contribution in [0.25, 0.3) is 21.9 Å². The average molecular weight is 484 g/mol. The van der Waals surface area contributed by atoms with Gasteiger partial charge in [0.2, 0.25) is 16.9 Å². The molecule has 0 bridgehead atoms. The first-order valence-corrected chi connectivity index (χ1v) is 11.2. The highest BCUT2D eigenvalue weighted by molar-refractivity contribution is 5.94. The standard InChI is InChI=1S/C28H20O8/c1-2-13-32-27(30)17-7-9-19(10-8-17)34-25-16-33-23-15-20(11-12-21(23)26(25)29)35-28(31)24-14-18-5-3-4-6-22(18)36-24/h3-12,14-16H,2,13H2,1H3. The maximum atomic E-state index is 12.9. The second kappa shape index (κ2) is 9.79. The lowest BCUT2D eigenvalue weighted by Gasteiger charge is -2.08. The van der Waals surface area contributed by atoms with Gasteiger partial charge in [-0.05, 0) is 55.0 Å². The third kappa shape index (κ3) is 4.69. The van der Waals surface area contributed by atoms with Crippen LogP contribution in [0.5, 0.6) is 17.2 Å². The Balaban J connectivity index is 1.32. The number of rotatable bonds is 7. The Morgan fingerprint density at radius 2 is 1.64 bits per heavy atom. The van der Waals surface area contributed by atoms with Gasteiger partial charge in [0, 0.05) is 11.5 Å². The lowest BCUT2D eigenvalue weighted by molar-refractivity contribution is 0.0504. The van der Waals surface area contributed by atoms with Crippen molar-refractivity contribution in [2.24, 2.45) is 0 Å². The second-order valence-corrected chi connectivity index (χ2v) is 7.89. The number of para-hydroxylation sites is 1. The largest absolute Gasteiger partial charge is 0.462 e. The molecule has 2 heterocycles. The normalized spacial score (nSPS) is 10.9. The van der Waals surface area contributed by atoms with Crippen molar-refractivity contribution >= 4 is 33.9 Å². The van der Waals surface area contributed by atoms with Gasteiger partial charge in [-0.15, -0.1) is 0 Å². The molecule has 36 heavy (non-hydrogen) atoms. The Bertz CT molecular complexity index is 1590. The number of furan rings is 1. The van der Waals surface area contributed by atoms with Crippen LogP contribution in [0.15, 0.2) is 92.7 Å². The van der Waals surface area contributed by atoms with Gasteiger partial charge in [-0.2, -0.15) is 0 Å². The monoisotopic (exact) mass is 484 g/mol. The Labute approximate surface area is 204 Å². The van der Waals surface area contributed by atoms with Crippen molar-refractivity contribution in [1.82, 2.24) is 0 Å². The molecule has 0 atom stereocenters. The number of benzene rings is 3. The fourth-order valence-electron chi connectivity index (χ4n) is 3.53. The van der Waals surface area contributed by atoms with Crippen LogP contribution in [-0.4, -0.2) is 18.5 Å². The third-order valence-electron chi connectivity index (χ3n) is 5.31. The van der Waals surface area contributed by atoms with Crippen LogP contribution in [-0.2, 0) is 4.74 Å². The molecule has 5 rings (SSSR count). The summed E-state index contributed by atoms with van der Waals surface area (Å²) < 4.78 is 27.2. The van der Waals surface area contributed by atoms with E-state index in [0.29, 0.717) is 23.5 Å². The van der Waals surface area contributed by atoms with Gasteiger partial charge in [-0.1, -0.05) is 25.1 Å². The Morgan fingerprint density at radius 3 is 2.42 bits per heavy atom. The van der Waals surface area contributed by atoms with Gasteiger partial charge in [-0.3, -0.25) is 4.79 Å². The zero-order valence-electron chi connectivity index (χ0n) is 19.2. The fourth-order valence-corrected chi connectivity index (χ4v) is 3.53. The van der Waals surface area contributed by atoms with Gasteiger partial charge in [0.15, 0.2) is 0 Å². The number of carbonyl (C=O) groups excluding carboxylic acids is 2. The maximum absolute atomic E-state index is 12.9. The number of esters is 2. The minimum Gasteiger partial charge on any atom is -0.462 e. The summed E-state index contributed by atoms with van der Waals surface area (Å²) in [4.78, 5) is 37.3. The van der Waals surface area contributed by atoms with Gasteiger partial charge in [0.1, 0.15) is 28.9 Å². The molecular formula is C28H20O8. The van der Waals surface area contributed by atoms with E-state index < -0.39 is 17.4 Å². The zero-order chi connectivity index (χ0) is 25.1. The van der Waals surface area contributed by atoms with Gasteiger partial charge < -0.3 is 23.0 Å². The summed E-state index contributed by atoms with van der Waals surface area (Å²) in [7, 11) is 0. The molecule has 8 nitrogen and oxygen atoms in total. The number of fused-ring (bicyclic) bond motifs is 2. The molecule has 0 spiro atoms. The van der Waals surface area contributed by atoms with E-state index in [9.17, 15) is 14.4 Å². The predicted octanol–water partition coefficient (Wildman–Crippen LogP) is 6.12. The lowest BCUT2D eigenvalue weighted by atomic mass is 10.2. The molecule has 2 aromatic heterocycles. The second-order valence-electron chi connectivity index (χ2n) is 7.89. The summed E-state index contributed by atoms with van der Waals surface area (Å²) in [5.41, 5.74) is 0.771. The molecule has 0 amide bonds. The molecular weight excluding hydrogens is 464 g/mol. The van der Waals surface area contributed by atoms with Crippen LogP contribution < -0.4 is 14.9 Å². The van der Waals surface area contributed by atoms with Crippen molar-refractivity contribution in [3.05, 3.63) is 101 Å². The van der Waals surface area contributed by atoms with Gasteiger partial charge in [0.25, 0.3) is 0 Å². The van der Waals surface area contributed by atoms with Crippen molar-refractivity contribution in [1.29, 1.82) is 0 Å². The van der Waals surface area contributed by atoms with E-state index in [4.69, 9.17) is 23.0 Å². The number of hydrogen-bond acceptors (Lipinski definition) is 8. The van der Waals surface area contributed by atoms with Crippen molar-refractivity contribution in [2.75, 3.05) is 6.61 Å². The number of hydrogen-bond donors (Lipinski definition) is 0. The van der Waals surface area contributed by atoms with E-state index in [-0.39, 0.29) is 28.2 Å². The first kappa shape index (κ1) is 22.9. The lowest BCUT2D eigenvalue weighted by Crippen LogP contribution is -2.08. The quantitative estimate of drug-likeness (QED) is 0.201. The summed E-state index contributed by atoms with van der Waals surface area (Å²) in [5, 5.41) is 1.03. The highest BCUT2D eigenvalue weighted by Crippen LogP contribution is 2.26. The van der Waals surface area contributed by atoms with Crippen LogP contribution in [0.3, 0.4) is 0 Å². The average Bonchev–Trinajstić information content (AvgIpc) is 3.34. The molecule has 3 aromatic carbocycles. The van der Waals surface area contributed by atoms with E-state index in [2.05, 4.69) is 0 Å². The Hall–Kier alpha value is -4.85. The molecule has 0 aliphatic heterocycles. The summed E-state index contributed by atoms with van der Waals surface area (Å²) in [6.07, 6.45) is 1.91. The van der Waals surface area contributed by atoms with Gasteiger partial charge >= 0.3 is 11.9 Å². The minimum atomic E-state index is -0.671. The van der Waals surface area contributed by atoms with E-state index >= 15 is 0 Å². The van der Waals surface area contributed by atoms with Crippen molar-refractivity contribution in [3.8, 4) is 17.2 Å². The molecule has 0 aliphatic rings. The smallest absolute Gasteiger partial charge is 0.379 e.